The number of methoxy groups -OCH3 is 1. The summed E-state index contributed by atoms with van der Waals surface area (Å²) in [4.78, 5) is 10.4. The molecule has 0 saturated heterocycles. The van der Waals surface area contributed by atoms with Gasteiger partial charge in [0.1, 0.15) is 0 Å². The summed E-state index contributed by atoms with van der Waals surface area (Å²) in [7, 11) is 1.69. The second-order valence-electron chi connectivity index (χ2n) is 4.21. The van der Waals surface area contributed by atoms with Crippen LogP contribution in [0.4, 0.5) is 5.69 Å². The third-order valence-corrected chi connectivity index (χ3v) is 2.97. The molecule has 0 bridgehead atoms. The van der Waals surface area contributed by atoms with Crippen LogP contribution in [-0.2, 0) is 11.3 Å². The predicted molar refractivity (Wildman–Crippen MR) is 69.7 cm³/mol. The zero-order valence-corrected chi connectivity index (χ0v) is 10.3. The molecule has 0 spiro atoms. The van der Waals surface area contributed by atoms with Gasteiger partial charge in [-0.1, -0.05) is 0 Å². The highest BCUT2D eigenvalue weighted by molar-refractivity contribution is 5.82. The van der Waals surface area contributed by atoms with Crippen LogP contribution in [0, 0.1) is 10.1 Å². The van der Waals surface area contributed by atoms with E-state index in [9.17, 15) is 10.1 Å². The number of non-ortho nitro benzene ring substituents is 1. The molecule has 0 aliphatic carbocycles. The molecule has 0 amide bonds. The van der Waals surface area contributed by atoms with Crippen molar-refractivity contribution in [1.82, 2.24) is 4.57 Å². The van der Waals surface area contributed by atoms with Crippen molar-refractivity contribution in [3.8, 4) is 0 Å². The number of hydrogen-bond acceptors (Lipinski definition) is 3. The lowest BCUT2D eigenvalue weighted by molar-refractivity contribution is -0.384. The average molecular weight is 248 g/mol. The van der Waals surface area contributed by atoms with Gasteiger partial charge in [0, 0.05) is 44.0 Å². The van der Waals surface area contributed by atoms with Crippen LogP contribution in [0.5, 0.6) is 0 Å². The lowest BCUT2D eigenvalue weighted by atomic mass is 10.2. The number of rotatable bonds is 6. The van der Waals surface area contributed by atoms with Crippen LogP contribution in [0.25, 0.3) is 10.9 Å². The van der Waals surface area contributed by atoms with Gasteiger partial charge in [-0.3, -0.25) is 10.1 Å². The molecule has 0 aliphatic rings. The number of nitro groups is 1. The highest BCUT2D eigenvalue weighted by Gasteiger charge is 2.08. The zero-order chi connectivity index (χ0) is 13.0. The van der Waals surface area contributed by atoms with Crippen LogP contribution < -0.4 is 0 Å². The Morgan fingerprint density at radius 2 is 2.17 bits per heavy atom. The van der Waals surface area contributed by atoms with Gasteiger partial charge in [-0.2, -0.15) is 0 Å². The number of aryl methyl sites for hydroxylation is 1. The molecule has 1 heterocycles. The normalized spacial score (nSPS) is 10.9. The SMILES string of the molecule is COCCCCn1ccc2ccc([N+](=O)[O-])cc21. The maximum absolute atomic E-state index is 10.8. The standard InChI is InChI=1S/C13H16N2O3/c1-18-9-3-2-7-14-8-6-11-4-5-12(15(16)17)10-13(11)14/h4-6,8,10H,2-3,7,9H2,1H3. The Bertz CT molecular complexity index is 548. The number of hydrogen-bond donors (Lipinski definition) is 0. The van der Waals surface area contributed by atoms with Crippen molar-refractivity contribution in [3.63, 3.8) is 0 Å². The van der Waals surface area contributed by atoms with Gasteiger partial charge < -0.3 is 9.30 Å². The number of unbranched alkanes of at least 4 members (excludes halogenated alkanes) is 1. The molecule has 0 unspecified atom stereocenters. The zero-order valence-electron chi connectivity index (χ0n) is 10.3. The molecule has 18 heavy (non-hydrogen) atoms. The fraction of sp³-hybridized carbons (Fsp3) is 0.385. The number of fused-ring (bicyclic) bond motifs is 1. The third kappa shape index (κ3) is 2.68. The summed E-state index contributed by atoms with van der Waals surface area (Å²) >= 11 is 0. The van der Waals surface area contributed by atoms with Crippen LogP contribution in [-0.4, -0.2) is 23.2 Å². The van der Waals surface area contributed by atoms with Crippen LogP contribution in [0.2, 0.25) is 0 Å². The van der Waals surface area contributed by atoms with Gasteiger partial charge >= 0.3 is 0 Å². The Labute approximate surface area is 105 Å². The minimum Gasteiger partial charge on any atom is -0.385 e. The molecule has 2 aromatic rings. The summed E-state index contributed by atoms with van der Waals surface area (Å²) in [5.74, 6) is 0. The van der Waals surface area contributed by atoms with E-state index in [0.717, 1.165) is 36.9 Å². The lowest BCUT2D eigenvalue weighted by Gasteiger charge is -2.05. The maximum Gasteiger partial charge on any atom is 0.271 e. The van der Waals surface area contributed by atoms with Crippen LogP contribution in [0.15, 0.2) is 30.5 Å². The average Bonchev–Trinajstić information content (AvgIpc) is 2.77. The summed E-state index contributed by atoms with van der Waals surface area (Å²) < 4.78 is 7.05. The van der Waals surface area contributed by atoms with Crippen molar-refractivity contribution in [2.45, 2.75) is 19.4 Å². The van der Waals surface area contributed by atoms with Crippen LogP contribution in [0.1, 0.15) is 12.8 Å². The highest BCUT2D eigenvalue weighted by Crippen LogP contribution is 2.22. The van der Waals surface area contributed by atoms with Crippen LogP contribution in [0.3, 0.4) is 0 Å². The maximum atomic E-state index is 10.8. The van der Waals surface area contributed by atoms with E-state index < -0.39 is 0 Å². The molecular weight excluding hydrogens is 232 g/mol. The Balaban J connectivity index is 2.17. The quantitative estimate of drug-likeness (QED) is 0.448. The fourth-order valence-electron chi connectivity index (χ4n) is 2.01. The number of ether oxygens (including phenoxy) is 1. The van der Waals surface area contributed by atoms with E-state index in [0.29, 0.717) is 0 Å². The smallest absolute Gasteiger partial charge is 0.271 e. The topological polar surface area (TPSA) is 57.3 Å². The molecule has 5 heteroatoms. The molecule has 0 N–H and O–H groups in total. The molecule has 0 atom stereocenters. The van der Waals surface area contributed by atoms with E-state index in [1.54, 1.807) is 19.2 Å². The van der Waals surface area contributed by atoms with Gasteiger partial charge in [-0.25, -0.2) is 0 Å². The molecule has 0 saturated carbocycles. The summed E-state index contributed by atoms with van der Waals surface area (Å²) in [5, 5.41) is 11.8. The molecule has 5 nitrogen and oxygen atoms in total. The van der Waals surface area contributed by atoms with Crippen LogP contribution >= 0.6 is 0 Å². The second-order valence-corrected chi connectivity index (χ2v) is 4.21. The van der Waals surface area contributed by atoms with Crippen molar-refractivity contribution < 1.29 is 9.66 Å². The third-order valence-electron chi connectivity index (χ3n) is 2.97. The molecule has 0 aliphatic heterocycles. The summed E-state index contributed by atoms with van der Waals surface area (Å²) in [6.45, 7) is 1.60. The van der Waals surface area contributed by atoms with Gasteiger partial charge in [-0.05, 0) is 25.0 Å². The van der Waals surface area contributed by atoms with E-state index in [4.69, 9.17) is 4.74 Å². The Morgan fingerprint density at radius 3 is 2.89 bits per heavy atom. The largest absolute Gasteiger partial charge is 0.385 e. The van der Waals surface area contributed by atoms with Crippen molar-refractivity contribution in [2.75, 3.05) is 13.7 Å². The molecule has 0 radical (unpaired) electrons. The first-order valence-electron chi connectivity index (χ1n) is 5.94. The van der Waals surface area contributed by atoms with E-state index in [1.807, 2.05) is 12.3 Å². The van der Waals surface area contributed by atoms with E-state index >= 15 is 0 Å². The number of benzene rings is 1. The first-order valence-corrected chi connectivity index (χ1v) is 5.94. The van der Waals surface area contributed by atoms with Crippen molar-refractivity contribution in [2.24, 2.45) is 0 Å². The summed E-state index contributed by atoms with van der Waals surface area (Å²) in [6, 6.07) is 6.94. The monoisotopic (exact) mass is 248 g/mol. The molecule has 1 aromatic carbocycles. The second kappa shape index (κ2) is 5.64. The van der Waals surface area contributed by atoms with E-state index in [2.05, 4.69) is 4.57 Å². The molecule has 2 rings (SSSR count). The Kier molecular flexibility index (Phi) is 3.94. The highest BCUT2D eigenvalue weighted by atomic mass is 16.6. The number of nitrogens with zero attached hydrogens (tertiary/aromatic N) is 2. The molecule has 96 valence electrons. The number of aromatic nitrogens is 1. The van der Waals surface area contributed by atoms with Gasteiger partial charge in [0.05, 0.1) is 10.4 Å². The molecular formula is C13H16N2O3. The summed E-state index contributed by atoms with van der Waals surface area (Å²) in [6.07, 6.45) is 3.96. The van der Waals surface area contributed by atoms with E-state index in [1.165, 1.54) is 6.07 Å². The first-order chi connectivity index (χ1) is 8.72. The summed E-state index contributed by atoms with van der Waals surface area (Å²) in [5.41, 5.74) is 1.06. The van der Waals surface area contributed by atoms with Crippen molar-refractivity contribution in [3.05, 3.63) is 40.6 Å². The first kappa shape index (κ1) is 12.6. The minimum atomic E-state index is -0.359. The Morgan fingerprint density at radius 1 is 1.33 bits per heavy atom. The van der Waals surface area contributed by atoms with Gasteiger partial charge in [0.2, 0.25) is 0 Å². The van der Waals surface area contributed by atoms with Crippen molar-refractivity contribution in [1.29, 1.82) is 0 Å². The van der Waals surface area contributed by atoms with Gasteiger partial charge in [0.15, 0.2) is 0 Å². The predicted octanol–water partition coefficient (Wildman–Crippen LogP) is 2.98. The lowest BCUT2D eigenvalue weighted by Crippen LogP contribution is -1.98. The number of nitro benzene ring substituents is 1. The van der Waals surface area contributed by atoms with Gasteiger partial charge in [0.25, 0.3) is 5.69 Å². The van der Waals surface area contributed by atoms with Crippen molar-refractivity contribution >= 4 is 16.6 Å². The Hall–Kier alpha value is -1.88. The molecule has 1 aromatic heterocycles. The fourth-order valence-corrected chi connectivity index (χ4v) is 2.01. The molecule has 0 fully saturated rings. The minimum absolute atomic E-state index is 0.138. The van der Waals surface area contributed by atoms with E-state index in [-0.39, 0.29) is 10.6 Å². The van der Waals surface area contributed by atoms with Gasteiger partial charge in [-0.15, -0.1) is 0 Å².